The van der Waals surface area contributed by atoms with Gasteiger partial charge >= 0.3 is 0 Å². The lowest BCUT2D eigenvalue weighted by Crippen LogP contribution is -1.99. The Hall–Kier alpha value is -0.0600. The lowest BCUT2D eigenvalue weighted by Gasteiger charge is -2.09. The van der Waals surface area contributed by atoms with Crippen LogP contribution >= 0.6 is 50.5 Å². The molecular formula is C12H9BrCl2OS. The van der Waals surface area contributed by atoms with Crippen LogP contribution in [0.3, 0.4) is 0 Å². The SMILES string of the molecule is OC(Cc1ccccc1Cl)c1cc(Cl)c(Br)s1. The third-order valence-electron chi connectivity index (χ3n) is 2.36. The molecule has 0 bridgehead atoms. The Balaban J connectivity index is 2.17. The van der Waals surface area contributed by atoms with Crippen LogP contribution in [0.1, 0.15) is 16.5 Å². The average molecular weight is 352 g/mol. The van der Waals surface area contributed by atoms with Crippen LogP contribution in [-0.4, -0.2) is 5.11 Å². The first-order chi connectivity index (χ1) is 8.08. The molecule has 5 heteroatoms. The number of thiophene rings is 1. The maximum atomic E-state index is 10.1. The highest BCUT2D eigenvalue weighted by molar-refractivity contribution is 9.11. The molecular weight excluding hydrogens is 343 g/mol. The molecule has 1 atom stereocenters. The molecule has 0 saturated heterocycles. The molecule has 90 valence electrons. The molecule has 1 N–H and O–H groups in total. The molecule has 1 unspecified atom stereocenters. The second-order valence-electron chi connectivity index (χ2n) is 3.58. The van der Waals surface area contributed by atoms with E-state index in [0.717, 1.165) is 14.2 Å². The fourth-order valence-electron chi connectivity index (χ4n) is 1.50. The van der Waals surface area contributed by atoms with Gasteiger partial charge in [-0.1, -0.05) is 41.4 Å². The summed E-state index contributed by atoms with van der Waals surface area (Å²) in [6.45, 7) is 0. The first-order valence-corrected chi connectivity index (χ1v) is 7.30. The summed E-state index contributed by atoms with van der Waals surface area (Å²) in [7, 11) is 0. The Kier molecular flexibility index (Phi) is 4.50. The Morgan fingerprint density at radius 2 is 1.94 bits per heavy atom. The Labute approximate surface area is 122 Å². The van der Waals surface area contributed by atoms with Crippen molar-refractivity contribution in [2.24, 2.45) is 0 Å². The second kappa shape index (κ2) is 5.72. The van der Waals surface area contributed by atoms with E-state index in [0.29, 0.717) is 16.5 Å². The average Bonchev–Trinajstić information content (AvgIpc) is 2.63. The number of hydrogen-bond acceptors (Lipinski definition) is 2. The Bertz CT molecular complexity index is 507. The molecule has 0 aliphatic rings. The standard InChI is InChI=1S/C12H9BrCl2OS/c13-12-9(15)6-11(17-12)10(16)5-7-3-1-2-4-8(7)14/h1-4,6,10,16H,5H2. The summed E-state index contributed by atoms with van der Waals surface area (Å²) < 4.78 is 0.840. The Morgan fingerprint density at radius 3 is 2.53 bits per heavy atom. The van der Waals surface area contributed by atoms with Crippen LogP contribution in [0.2, 0.25) is 10.0 Å². The van der Waals surface area contributed by atoms with Crippen molar-refractivity contribution in [2.45, 2.75) is 12.5 Å². The molecule has 1 nitrogen and oxygen atoms in total. The molecule has 17 heavy (non-hydrogen) atoms. The number of rotatable bonds is 3. The smallest absolute Gasteiger partial charge is 0.0923 e. The van der Waals surface area contributed by atoms with Gasteiger partial charge in [0, 0.05) is 16.3 Å². The molecule has 1 heterocycles. The van der Waals surface area contributed by atoms with Gasteiger partial charge in [0.25, 0.3) is 0 Å². The van der Waals surface area contributed by atoms with E-state index < -0.39 is 6.10 Å². The van der Waals surface area contributed by atoms with Gasteiger partial charge in [0.05, 0.1) is 14.9 Å². The fraction of sp³-hybridized carbons (Fsp3) is 0.167. The van der Waals surface area contributed by atoms with Crippen LogP contribution < -0.4 is 0 Å². The minimum Gasteiger partial charge on any atom is -0.387 e. The fourth-order valence-corrected chi connectivity index (χ4v) is 3.45. The molecule has 2 aromatic rings. The lowest BCUT2D eigenvalue weighted by atomic mass is 10.1. The van der Waals surface area contributed by atoms with Crippen LogP contribution in [0.5, 0.6) is 0 Å². The number of aliphatic hydroxyl groups is 1. The highest BCUT2D eigenvalue weighted by Crippen LogP contribution is 2.36. The largest absolute Gasteiger partial charge is 0.387 e. The molecule has 0 radical (unpaired) electrons. The van der Waals surface area contributed by atoms with E-state index in [1.54, 1.807) is 6.07 Å². The van der Waals surface area contributed by atoms with Crippen LogP contribution in [0, 0.1) is 0 Å². The topological polar surface area (TPSA) is 20.2 Å². The quantitative estimate of drug-likeness (QED) is 0.816. The minimum atomic E-state index is -0.580. The summed E-state index contributed by atoms with van der Waals surface area (Å²) in [6, 6.07) is 9.29. The van der Waals surface area contributed by atoms with Gasteiger partial charge in [-0.15, -0.1) is 11.3 Å². The predicted octanol–water partition coefficient (Wildman–Crippen LogP) is 5.09. The maximum Gasteiger partial charge on any atom is 0.0923 e. The van der Waals surface area contributed by atoms with E-state index in [2.05, 4.69) is 15.9 Å². The number of aliphatic hydroxyl groups excluding tert-OH is 1. The van der Waals surface area contributed by atoms with Gasteiger partial charge < -0.3 is 5.11 Å². The summed E-state index contributed by atoms with van der Waals surface area (Å²) >= 11 is 16.8. The lowest BCUT2D eigenvalue weighted by molar-refractivity contribution is 0.182. The molecule has 1 aromatic heterocycles. The molecule has 0 aliphatic heterocycles. The minimum absolute atomic E-state index is 0.489. The van der Waals surface area contributed by atoms with Crippen molar-refractivity contribution in [3.8, 4) is 0 Å². The highest BCUT2D eigenvalue weighted by atomic mass is 79.9. The zero-order chi connectivity index (χ0) is 12.4. The van der Waals surface area contributed by atoms with Gasteiger partial charge in [0.15, 0.2) is 0 Å². The predicted molar refractivity (Wildman–Crippen MR) is 77.1 cm³/mol. The van der Waals surface area contributed by atoms with Crippen molar-refractivity contribution in [1.82, 2.24) is 0 Å². The summed E-state index contributed by atoms with van der Waals surface area (Å²) in [4.78, 5) is 0.835. The van der Waals surface area contributed by atoms with E-state index in [-0.39, 0.29) is 0 Å². The molecule has 0 amide bonds. The van der Waals surface area contributed by atoms with Crippen molar-refractivity contribution < 1.29 is 5.11 Å². The third kappa shape index (κ3) is 3.24. The molecule has 2 rings (SSSR count). The van der Waals surface area contributed by atoms with Crippen molar-refractivity contribution >= 4 is 50.5 Å². The maximum absolute atomic E-state index is 10.1. The number of benzene rings is 1. The first-order valence-electron chi connectivity index (χ1n) is 4.94. The van der Waals surface area contributed by atoms with Crippen LogP contribution in [0.15, 0.2) is 34.1 Å². The third-order valence-corrected chi connectivity index (χ3v) is 5.31. The van der Waals surface area contributed by atoms with Gasteiger partial charge in [0.1, 0.15) is 0 Å². The van der Waals surface area contributed by atoms with Gasteiger partial charge in [-0.2, -0.15) is 0 Å². The summed E-state index contributed by atoms with van der Waals surface area (Å²) in [5.41, 5.74) is 0.933. The molecule has 0 fully saturated rings. The highest BCUT2D eigenvalue weighted by Gasteiger charge is 2.15. The van der Waals surface area contributed by atoms with Crippen molar-refractivity contribution in [1.29, 1.82) is 0 Å². The monoisotopic (exact) mass is 350 g/mol. The van der Waals surface area contributed by atoms with Gasteiger partial charge in [0.2, 0.25) is 0 Å². The summed E-state index contributed by atoms with van der Waals surface area (Å²) in [6.07, 6.45) is -0.0909. The number of hydrogen-bond donors (Lipinski definition) is 1. The second-order valence-corrected chi connectivity index (χ2v) is 6.80. The van der Waals surface area contributed by atoms with Gasteiger partial charge in [-0.25, -0.2) is 0 Å². The van der Waals surface area contributed by atoms with Crippen LogP contribution in [0.4, 0.5) is 0 Å². The van der Waals surface area contributed by atoms with Crippen molar-refractivity contribution in [2.75, 3.05) is 0 Å². The zero-order valence-electron chi connectivity index (χ0n) is 8.66. The summed E-state index contributed by atoms with van der Waals surface area (Å²) in [5.74, 6) is 0. The summed E-state index contributed by atoms with van der Waals surface area (Å²) in [5, 5.41) is 11.4. The van der Waals surface area contributed by atoms with E-state index >= 15 is 0 Å². The van der Waals surface area contributed by atoms with Gasteiger partial charge in [-0.3, -0.25) is 0 Å². The van der Waals surface area contributed by atoms with Crippen LogP contribution in [0.25, 0.3) is 0 Å². The Morgan fingerprint density at radius 1 is 1.24 bits per heavy atom. The van der Waals surface area contributed by atoms with E-state index in [1.165, 1.54) is 11.3 Å². The molecule has 0 saturated carbocycles. The molecule has 0 spiro atoms. The van der Waals surface area contributed by atoms with Crippen molar-refractivity contribution in [3.63, 3.8) is 0 Å². The van der Waals surface area contributed by atoms with Gasteiger partial charge in [-0.05, 0) is 33.6 Å². The van der Waals surface area contributed by atoms with E-state index in [4.69, 9.17) is 23.2 Å². The normalized spacial score (nSPS) is 12.7. The molecule has 0 aliphatic carbocycles. The van der Waals surface area contributed by atoms with E-state index in [1.807, 2.05) is 24.3 Å². The van der Waals surface area contributed by atoms with Crippen molar-refractivity contribution in [3.05, 3.63) is 54.6 Å². The van der Waals surface area contributed by atoms with Crippen LogP contribution in [-0.2, 0) is 6.42 Å². The first kappa shape index (κ1) is 13.4. The molecule has 1 aromatic carbocycles. The number of halogens is 3. The van der Waals surface area contributed by atoms with E-state index in [9.17, 15) is 5.11 Å². The zero-order valence-corrected chi connectivity index (χ0v) is 12.6.